The quantitative estimate of drug-likeness (QED) is 0.214. The van der Waals surface area contributed by atoms with Crippen LogP contribution in [0.25, 0.3) is 17.0 Å². The molecular formula is C25H28N4O3. The van der Waals surface area contributed by atoms with E-state index in [4.69, 9.17) is 5.21 Å². The number of para-hydroxylation sites is 1. The van der Waals surface area contributed by atoms with E-state index in [2.05, 4.69) is 33.8 Å². The molecule has 1 unspecified atom stereocenters. The zero-order valence-electron chi connectivity index (χ0n) is 18.0. The molecule has 5 N–H and O–H groups in total. The molecule has 2 aromatic carbocycles. The van der Waals surface area contributed by atoms with Crippen LogP contribution in [0.15, 0.2) is 54.7 Å². The SMILES string of the molecule is CCNC(=O)[C@H](Cc1c[nH]c2ccccc12)NC1CCc2cc(C=CC(=O)NO)ccc21. The summed E-state index contributed by atoms with van der Waals surface area (Å²) in [6.45, 7) is 2.51. The van der Waals surface area contributed by atoms with Crippen LogP contribution in [0.1, 0.15) is 41.6 Å². The molecule has 7 nitrogen and oxygen atoms in total. The molecule has 0 aliphatic heterocycles. The molecule has 0 saturated heterocycles. The van der Waals surface area contributed by atoms with Gasteiger partial charge in [-0.15, -0.1) is 0 Å². The third-order valence-electron chi connectivity index (χ3n) is 5.95. The van der Waals surface area contributed by atoms with E-state index in [-0.39, 0.29) is 18.0 Å². The summed E-state index contributed by atoms with van der Waals surface area (Å²) in [6.07, 6.45) is 7.35. The molecule has 2 atom stereocenters. The second-order valence-corrected chi connectivity index (χ2v) is 8.04. The van der Waals surface area contributed by atoms with Crippen LogP contribution < -0.4 is 16.1 Å². The maximum Gasteiger partial charge on any atom is 0.267 e. The Morgan fingerprint density at radius 1 is 1.25 bits per heavy atom. The van der Waals surface area contributed by atoms with E-state index in [9.17, 15) is 9.59 Å². The van der Waals surface area contributed by atoms with Crippen LogP contribution in [-0.2, 0) is 22.4 Å². The fourth-order valence-corrected chi connectivity index (χ4v) is 4.41. The van der Waals surface area contributed by atoms with Gasteiger partial charge in [-0.05, 0) is 60.6 Å². The Morgan fingerprint density at radius 3 is 2.91 bits per heavy atom. The first kappa shape index (κ1) is 21.8. The number of fused-ring (bicyclic) bond motifs is 2. The molecule has 7 heteroatoms. The Hall–Kier alpha value is -3.42. The zero-order valence-corrected chi connectivity index (χ0v) is 18.0. The normalized spacial score (nSPS) is 16.2. The van der Waals surface area contributed by atoms with Gasteiger partial charge >= 0.3 is 0 Å². The number of aromatic amines is 1. The first-order valence-electron chi connectivity index (χ1n) is 10.9. The highest BCUT2D eigenvalue weighted by Gasteiger charge is 2.28. The van der Waals surface area contributed by atoms with Crippen molar-refractivity contribution in [2.45, 2.75) is 38.3 Å². The lowest BCUT2D eigenvalue weighted by Crippen LogP contribution is -2.46. The van der Waals surface area contributed by atoms with E-state index in [0.29, 0.717) is 13.0 Å². The number of carbonyl (C=O) groups excluding carboxylic acids is 2. The number of hydroxylamine groups is 1. The van der Waals surface area contributed by atoms with Crippen molar-refractivity contribution in [2.75, 3.05) is 6.54 Å². The highest BCUT2D eigenvalue weighted by atomic mass is 16.5. The average Bonchev–Trinajstić information content (AvgIpc) is 3.41. The Labute approximate surface area is 186 Å². The number of carbonyl (C=O) groups is 2. The first-order chi connectivity index (χ1) is 15.6. The van der Waals surface area contributed by atoms with E-state index in [0.717, 1.165) is 34.9 Å². The molecule has 3 aromatic rings. The molecule has 32 heavy (non-hydrogen) atoms. The van der Waals surface area contributed by atoms with Crippen LogP contribution in [0.2, 0.25) is 0 Å². The highest BCUT2D eigenvalue weighted by Crippen LogP contribution is 2.33. The lowest BCUT2D eigenvalue weighted by molar-refractivity contribution is -0.124. The summed E-state index contributed by atoms with van der Waals surface area (Å²) in [4.78, 5) is 27.4. The van der Waals surface area contributed by atoms with Crippen LogP contribution >= 0.6 is 0 Å². The fourth-order valence-electron chi connectivity index (χ4n) is 4.41. The van der Waals surface area contributed by atoms with Crippen LogP contribution in [-0.4, -0.2) is 34.6 Å². The molecule has 0 bridgehead atoms. The minimum atomic E-state index is -0.563. The van der Waals surface area contributed by atoms with E-state index in [1.54, 1.807) is 11.6 Å². The maximum absolute atomic E-state index is 12.9. The number of H-pyrrole nitrogens is 1. The van der Waals surface area contributed by atoms with E-state index in [1.165, 1.54) is 17.2 Å². The number of hydrogen-bond acceptors (Lipinski definition) is 4. The van der Waals surface area contributed by atoms with Crippen molar-refractivity contribution in [1.29, 1.82) is 0 Å². The number of amides is 2. The molecule has 0 radical (unpaired) electrons. The Morgan fingerprint density at radius 2 is 2.09 bits per heavy atom. The van der Waals surface area contributed by atoms with Crippen molar-refractivity contribution in [1.82, 2.24) is 21.1 Å². The summed E-state index contributed by atoms with van der Waals surface area (Å²) in [5, 5.41) is 16.3. The second kappa shape index (κ2) is 9.80. The predicted octanol–water partition coefficient (Wildman–Crippen LogP) is 3.01. The van der Waals surface area contributed by atoms with Gasteiger partial charge < -0.3 is 10.3 Å². The average molecular weight is 433 g/mol. The largest absolute Gasteiger partial charge is 0.361 e. The lowest BCUT2D eigenvalue weighted by Gasteiger charge is -2.23. The van der Waals surface area contributed by atoms with Crippen LogP contribution in [0, 0.1) is 0 Å². The van der Waals surface area contributed by atoms with Gasteiger partial charge in [-0.25, -0.2) is 5.48 Å². The van der Waals surface area contributed by atoms with Crippen molar-refractivity contribution >= 4 is 28.8 Å². The molecule has 0 saturated carbocycles. The van der Waals surface area contributed by atoms with E-state index < -0.39 is 5.91 Å². The number of hydrogen-bond donors (Lipinski definition) is 5. The number of rotatable bonds is 8. The van der Waals surface area contributed by atoms with Gasteiger partial charge in [0.05, 0.1) is 6.04 Å². The first-order valence-corrected chi connectivity index (χ1v) is 10.9. The molecule has 1 aliphatic rings. The molecule has 1 aliphatic carbocycles. The van der Waals surface area contributed by atoms with Gasteiger partial charge in [-0.1, -0.05) is 36.4 Å². The van der Waals surface area contributed by atoms with E-state index in [1.807, 2.05) is 37.4 Å². The maximum atomic E-state index is 12.9. The van der Waals surface area contributed by atoms with Crippen molar-refractivity contribution in [3.05, 3.63) is 77.0 Å². The molecule has 0 spiro atoms. The number of aromatic nitrogens is 1. The lowest BCUT2D eigenvalue weighted by atomic mass is 10.0. The number of nitrogens with one attached hydrogen (secondary N) is 4. The predicted molar refractivity (Wildman–Crippen MR) is 124 cm³/mol. The van der Waals surface area contributed by atoms with Crippen LogP contribution in [0.3, 0.4) is 0 Å². The van der Waals surface area contributed by atoms with Gasteiger partial charge in [0, 0.05) is 35.8 Å². The number of likely N-dealkylation sites (N-methyl/N-ethyl adjacent to an activating group) is 1. The van der Waals surface area contributed by atoms with Crippen molar-refractivity contribution in [3.63, 3.8) is 0 Å². The molecule has 1 heterocycles. The summed E-state index contributed by atoms with van der Waals surface area (Å²) in [7, 11) is 0. The molecule has 166 valence electrons. The standard InChI is InChI=1S/C25H28N4O3/c1-2-26-25(31)23(14-18-15-27-21-6-4-3-5-19(18)21)28-22-11-9-17-13-16(7-10-20(17)22)8-12-24(30)29-32/h3-8,10,12-13,15,22-23,27-28,32H,2,9,11,14H2,1H3,(H,26,31)(H,29,30)/t22?,23-/m0/s1. The van der Waals surface area contributed by atoms with Gasteiger partial charge in [0.1, 0.15) is 0 Å². The minimum absolute atomic E-state index is 0.000741. The molecule has 4 rings (SSSR count). The monoisotopic (exact) mass is 432 g/mol. The second-order valence-electron chi connectivity index (χ2n) is 8.04. The topological polar surface area (TPSA) is 106 Å². The molecule has 0 fully saturated rings. The molecular weight excluding hydrogens is 404 g/mol. The van der Waals surface area contributed by atoms with Gasteiger partial charge in [0.15, 0.2) is 0 Å². The Kier molecular flexibility index (Phi) is 6.68. The van der Waals surface area contributed by atoms with Crippen molar-refractivity contribution in [3.8, 4) is 0 Å². The van der Waals surface area contributed by atoms with Gasteiger partial charge in [0.25, 0.3) is 5.91 Å². The molecule has 1 aromatic heterocycles. The van der Waals surface area contributed by atoms with Gasteiger partial charge in [0.2, 0.25) is 5.91 Å². The summed E-state index contributed by atoms with van der Waals surface area (Å²) in [5.74, 6) is -0.562. The van der Waals surface area contributed by atoms with E-state index >= 15 is 0 Å². The number of aryl methyl sites for hydroxylation is 1. The third-order valence-corrected chi connectivity index (χ3v) is 5.95. The van der Waals surface area contributed by atoms with Crippen molar-refractivity contribution in [2.24, 2.45) is 0 Å². The summed E-state index contributed by atoms with van der Waals surface area (Å²) >= 11 is 0. The number of benzene rings is 2. The van der Waals surface area contributed by atoms with Gasteiger partial charge in [-0.2, -0.15) is 0 Å². The van der Waals surface area contributed by atoms with Crippen LogP contribution in [0.4, 0.5) is 0 Å². The Bertz CT molecular complexity index is 1150. The van der Waals surface area contributed by atoms with Crippen molar-refractivity contribution < 1.29 is 14.8 Å². The Balaban J connectivity index is 1.53. The van der Waals surface area contributed by atoms with Gasteiger partial charge in [-0.3, -0.25) is 20.1 Å². The smallest absolute Gasteiger partial charge is 0.267 e. The zero-order chi connectivity index (χ0) is 22.5. The summed E-state index contributed by atoms with van der Waals surface area (Å²) in [6, 6.07) is 13.9. The summed E-state index contributed by atoms with van der Waals surface area (Å²) in [5.41, 5.74) is 7.06. The van der Waals surface area contributed by atoms with Crippen LogP contribution in [0.5, 0.6) is 0 Å². The minimum Gasteiger partial charge on any atom is -0.361 e. The summed E-state index contributed by atoms with van der Waals surface area (Å²) < 4.78 is 0. The third kappa shape index (κ3) is 4.74. The fraction of sp³-hybridized carbons (Fsp3) is 0.280. The molecule has 2 amide bonds. The highest BCUT2D eigenvalue weighted by molar-refractivity contribution is 5.91.